The van der Waals surface area contributed by atoms with E-state index in [0.717, 1.165) is 4.60 Å². The van der Waals surface area contributed by atoms with E-state index in [1.807, 2.05) is 0 Å². The standard InChI is InChI=1S/C10H6BrClN2OS/c11-8-2-1-6(5-13-8)14-10(15)9-7(12)3-4-16-9/h1-5H,(H,14,15). The summed E-state index contributed by atoms with van der Waals surface area (Å²) in [6, 6.07) is 5.21. The van der Waals surface area contributed by atoms with Crippen molar-refractivity contribution in [3.05, 3.63) is 44.3 Å². The van der Waals surface area contributed by atoms with Gasteiger partial charge in [0.1, 0.15) is 9.48 Å². The second kappa shape index (κ2) is 4.95. The van der Waals surface area contributed by atoms with Gasteiger partial charge in [-0.1, -0.05) is 11.6 Å². The van der Waals surface area contributed by atoms with E-state index in [0.29, 0.717) is 15.6 Å². The number of aromatic nitrogens is 1. The highest BCUT2D eigenvalue weighted by atomic mass is 79.9. The van der Waals surface area contributed by atoms with Crippen molar-refractivity contribution >= 4 is 50.5 Å². The number of rotatable bonds is 2. The molecule has 0 saturated heterocycles. The van der Waals surface area contributed by atoms with Crippen LogP contribution in [-0.4, -0.2) is 10.9 Å². The van der Waals surface area contributed by atoms with Crippen LogP contribution >= 0.6 is 38.9 Å². The maximum absolute atomic E-state index is 11.8. The number of pyridine rings is 1. The summed E-state index contributed by atoms with van der Waals surface area (Å²) >= 11 is 10.4. The van der Waals surface area contributed by atoms with Gasteiger partial charge >= 0.3 is 0 Å². The first-order chi connectivity index (χ1) is 7.66. The van der Waals surface area contributed by atoms with E-state index in [-0.39, 0.29) is 5.91 Å². The van der Waals surface area contributed by atoms with Gasteiger partial charge in [0, 0.05) is 0 Å². The van der Waals surface area contributed by atoms with Crippen molar-refractivity contribution in [2.24, 2.45) is 0 Å². The molecular formula is C10H6BrClN2OS. The van der Waals surface area contributed by atoms with Crippen LogP contribution in [0.15, 0.2) is 34.4 Å². The normalized spacial score (nSPS) is 10.1. The summed E-state index contributed by atoms with van der Waals surface area (Å²) in [5.74, 6) is -0.218. The van der Waals surface area contributed by atoms with E-state index in [1.54, 1.807) is 29.8 Å². The van der Waals surface area contributed by atoms with Crippen molar-refractivity contribution in [1.82, 2.24) is 4.98 Å². The van der Waals surface area contributed by atoms with E-state index in [1.165, 1.54) is 11.3 Å². The molecule has 2 aromatic heterocycles. The van der Waals surface area contributed by atoms with Crippen LogP contribution in [0, 0.1) is 0 Å². The summed E-state index contributed by atoms with van der Waals surface area (Å²) in [6.45, 7) is 0. The molecular weight excluding hydrogens is 312 g/mol. The summed E-state index contributed by atoms with van der Waals surface area (Å²) in [6.07, 6.45) is 1.57. The zero-order chi connectivity index (χ0) is 11.5. The summed E-state index contributed by atoms with van der Waals surface area (Å²) in [5.41, 5.74) is 0.637. The minimum absolute atomic E-state index is 0.218. The highest BCUT2D eigenvalue weighted by Crippen LogP contribution is 2.23. The van der Waals surface area contributed by atoms with Crippen LogP contribution in [0.4, 0.5) is 5.69 Å². The van der Waals surface area contributed by atoms with Crippen LogP contribution in [0.1, 0.15) is 9.67 Å². The Balaban J connectivity index is 2.14. The third-order valence-electron chi connectivity index (χ3n) is 1.81. The van der Waals surface area contributed by atoms with Gasteiger partial charge in [0.25, 0.3) is 5.91 Å². The van der Waals surface area contributed by atoms with Crippen LogP contribution in [0.5, 0.6) is 0 Å². The Labute approximate surface area is 110 Å². The molecule has 0 aliphatic heterocycles. The number of amides is 1. The maximum atomic E-state index is 11.8. The number of carbonyl (C=O) groups excluding carboxylic acids is 1. The first kappa shape index (κ1) is 11.6. The molecule has 0 unspecified atom stereocenters. The van der Waals surface area contributed by atoms with Crippen LogP contribution in [-0.2, 0) is 0 Å². The lowest BCUT2D eigenvalue weighted by Gasteiger charge is -2.03. The molecule has 0 bridgehead atoms. The van der Waals surface area contributed by atoms with Gasteiger partial charge in [-0.15, -0.1) is 11.3 Å². The number of nitrogens with one attached hydrogen (secondary N) is 1. The van der Waals surface area contributed by atoms with E-state index >= 15 is 0 Å². The molecule has 0 atom stereocenters. The Hall–Kier alpha value is -0.910. The molecule has 0 aliphatic rings. The van der Waals surface area contributed by atoms with Crippen LogP contribution in [0.25, 0.3) is 0 Å². The highest BCUT2D eigenvalue weighted by molar-refractivity contribution is 9.10. The molecule has 1 N–H and O–H groups in total. The van der Waals surface area contributed by atoms with Gasteiger partial charge in [-0.05, 0) is 39.5 Å². The summed E-state index contributed by atoms with van der Waals surface area (Å²) in [7, 11) is 0. The molecule has 1 amide bonds. The molecule has 2 aromatic rings. The minimum atomic E-state index is -0.218. The molecule has 16 heavy (non-hydrogen) atoms. The largest absolute Gasteiger partial charge is 0.320 e. The lowest BCUT2D eigenvalue weighted by atomic mass is 10.4. The van der Waals surface area contributed by atoms with Gasteiger partial charge < -0.3 is 5.32 Å². The molecule has 0 fully saturated rings. The lowest BCUT2D eigenvalue weighted by molar-refractivity contribution is 0.103. The monoisotopic (exact) mass is 316 g/mol. The number of hydrogen-bond acceptors (Lipinski definition) is 3. The van der Waals surface area contributed by atoms with Gasteiger partial charge in [0.15, 0.2) is 0 Å². The quantitative estimate of drug-likeness (QED) is 0.856. The number of nitrogens with zero attached hydrogens (tertiary/aromatic N) is 1. The predicted octanol–water partition coefficient (Wildman–Crippen LogP) is 3.81. The zero-order valence-electron chi connectivity index (χ0n) is 7.91. The molecule has 2 heterocycles. The average Bonchev–Trinajstić information content (AvgIpc) is 2.68. The first-order valence-corrected chi connectivity index (χ1v) is 6.38. The third-order valence-corrected chi connectivity index (χ3v) is 3.62. The van der Waals surface area contributed by atoms with Crippen molar-refractivity contribution in [3.8, 4) is 0 Å². The van der Waals surface area contributed by atoms with Gasteiger partial charge in [0.05, 0.1) is 16.9 Å². The van der Waals surface area contributed by atoms with Crippen molar-refractivity contribution in [2.75, 3.05) is 5.32 Å². The smallest absolute Gasteiger partial charge is 0.267 e. The number of hydrogen-bond donors (Lipinski definition) is 1. The highest BCUT2D eigenvalue weighted by Gasteiger charge is 2.11. The fourth-order valence-electron chi connectivity index (χ4n) is 1.09. The Bertz CT molecular complexity index is 512. The fraction of sp³-hybridized carbons (Fsp3) is 0. The molecule has 0 aromatic carbocycles. The average molecular weight is 318 g/mol. The number of carbonyl (C=O) groups is 1. The van der Waals surface area contributed by atoms with Gasteiger partial charge in [0.2, 0.25) is 0 Å². The van der Waals surface area contributed by atoms with Gasteiger partial charge in [-0.2, -0.15) is 0 Å². The van der Waals surface area contributed by atoms with Crippen LogP contribution < -0.4 is 5.32 Å². The second-order valence-corrected chi connectivity index (χ2v) is 5.06. The number of anilines is 1. The second-order valence-electron chi connectivity index (χ2n) is 2.92. The molecule has 82 valence electrons. The molecule has 3 nitrogen and oxygen atoms in total. The van der Waals surface area contributed by atoms with Crippen molar-refractivity contribution < 1.29 is 4.79 Å². The predicted molar refractivity (Wildman–Crippen MR) is 69.2 cm³/mol. The van der Waals surface area contributed by atoms with Crippen molar-refractivity contribution in [2.45, 2.75) is 0 Å². The topological polar surface area (TPSA) is 42.0 Å². The SMILES string of the molecule is O=C(Nc1ccc(Br)nc1)c1sccc1Cl. The first-order valence-electron chi connectivity index (χ1n) is 4.33. The Morgan fingerprint density at radius 3 is 2.81 bits per heavy atom. The fourth-order valence-corrected chi connectivity index (χ4v) is 2.36. The van der Waals surface area contributed by atoms with Crippen molar-refractivity contribution in [1.29, 1.82) is 0 Å². The minimum Gasteiger partial charge on any atom is -0.320 e. The van der Waals surface area contributed by atoms with E-state index < -0.39 is 0 Å². The maximum Gasteiger partial charge on any atom is 0.267 e. The van der Waals surface area contributed by atoms with Gasteiger partial charge in [-0.3, -0.25) is 4.79 Å². The Morgan fingerprint density at radius 2 is 2.25 bits per heavy atom. The van der Waals surface area contributed by atoms with Gasteiger partial charge in [-0.25, -0.2) is 4.98 Å². The molecule has 0 saturated carbocycles. The number of halogens is 2. The number of thiophene rings is 1. The molecule has 0 aliphatic carbocycles. The summed E-state index contributed by atoms with van der Waals surface area (Å²) < 4.78 is 0.722. The van der Waals surface area contributed by atoms with Crippen LogP contribution in [0.2, 0.25) is 5.02 Å². The Kier molecular flexibility index (Phi) is 3.58. The molecule has 0 spiro atoms. The van der Waals surface area contributed by atoms with E-state index in [2.05, 4.69) is 26.2 Å². The third kappa shape index (κ3) is 2.61. The molecule has 0 radical (unpaired) electrons. The van der Waals surface area contributed by atoms with E-state index in [9.17, 15) is 4.79 Å². The van der Waals surface area contributed by atoms with Crippen LogP contribution in [0.3, 0.4) is 0 Å². The summed E-state index contributed by atoms with van der Waals surface area (Å²) in [5, 5.41) is 4.96. The lowest BCUT2D eigenvalue weighted by Crippen LogP contribution is -2.10. The molecule has 6 heteroatoms. The summed E-state index contributed by atoms with van der Waals surface area (Å²) in [4.78, 5) is 16.3. The van der Waals surface area contributed by atoms with E-state index in [4.69, 9.17) is 11.6 Å². The Morgan fingerprint density at radius 1 is 1.44 bits per heavy atom. The van der Waals surface area contributed by atoms with Crippen molar-refractivity contribution in [3.63, 3.8) is 0 Å². The molecule has 2 rings (SSSR count). The zero-order valence-corrected chi connectivity index (χ0v) is 11.1.